The van der Waals surface area contributed by atoms with Crippen LogP contribution in [0.3, 0.4) is 0 Å². The van der Waals surface area contributed by atoms with Gasteiger partial charge in [0.2, 0.25) is 0 Å². The molecule has 1 amide bonds. The Hall–Kier alpha value is -3.48. The quantitative estimate of drug-likeness (QED) is 0.550. The second-order valence-electron chi connectivity index (χ2n) is 7.01. The predicted octanol–water partition coefficient (Wildman–Crippen LogP) is 3.11. The Labute approximate surface area is 163 Å². The molecule has 0 radical (unpaired) electrons. The Morgan fingerprint density at radius 3 is 2.57 bits per heavy atom. The number of amides is 1. The van der Waals surface area contributed by atoms with E-state index in [1.54, 1.807) is 27.3 Å². The highest BCUT2D eigenvalue weighted by Gasteiger charge is 2.22. The van der Waals surface area contributed by atoms with Crippen LogP contribution in [0.15, 0.2) is 48.8 Å². The number of benzene rings is 1. The van der Waals surface area contributed by atoms with Crippen molar-refractivity contribution in [1.82, 2.24) is 29.3 Å². The van der Waals surface area contributed by atoms with E-state index < -0.39 is 0 Å². The molecular weight excluding hydrogens is 352 g/mol. The number of rotatable bonds is 4. The molecule has 0 N–H and O–H groups in total. The van der Waals surface area contributed by atoms with Crippen molar-refractivity contribution in [3.05, 3.63) is 77.0 Å². The van der Waals surface area contributed by atoms with Gasteiger partial charge in [-0.05, 0) is 50.6 Å². The zero-order chi connectivity index (χ0) is 19.8. The number of hydrogen-bond acceptors (Lipinski definition) is 4. The first kappa shape index (κ1) is 17.9. The molecule has 0 aliphatic heterocycles. The molecule has 0 atom stereocenters. The van der Waals surface area contributed by atoms with Crippen molar-refractivity contribution >= 4 is 11.6 Å². The highest BCUT2D eigenvalue weighted by atomic mass is 16.2. The summed E-state index contributed by atoms with van der Waals surface area (Å²) >= 11 is 0. The lowest BCUT2D eigenvalue weighted by Gasteiger charge is -2.17. The van der Waals surface area contributed by atoms with E-state index in [-0.39, 0.29) is 5.91 Å². The van der Waals surface area contributed by atoms with Crippen molar-refractivity contribution in [1.29, 1.82) is 0 Å². The number of aryl methyl sites for hydroxylation is 3. The Balaban J connectivity index is 1.59. The van der Waals surface area contributed by atoms with Gasteiger partial charge in [-0.15, -0.1) is 0 Å². The summed E-state index contributed by atoms with van der Waals surface area (Å²) in [5.41, 5.74) is 5.71. The van der Waals surface area contributed by atoms with Crippen molar-refractivity contribution in [2.24, 2.45) is 0 Å². The van der Waals surface area contributed by atoms with Gasteiger partial charge >= 0.3 is 0 Å². The van der Waals surface area contributed by atoms with Gasteiger partial charge in [0.05, 0.1) is 11.4 Å². The maximum atomic E-state index is 13.1. The standard InChI is InChI=1S/C21H22N6O/c1-14-12-15(2)27-20(23-14)19(16(3)24-27)21(28)25(4)13-17-6-8-18(9-7-17)26-11-5-10-22-26/h5-12H,13H2,1-4H3. The number of carbonyl (C=O) groups excluding carboxylic acids is 1. The van der Waals surface area contributed by atoms with Crippen molar-refractivity contribution in [2.75, 3.05) is 7.05 Å². The van der Waals surface area contributed by atoms with Gasteiger partial charge in [-0.2, -0.15) is 10.2 Å². The minimum absolute atomic E-state index is 0.0823. The van der Waals surface area contributed by atoms with E-state index in [0.717, 1.165) is 22.6 Å². The SMILES string of the molecule is Cc1cc(C)n2nc(C)c(C(=O)N(C)Cc3ccc(-n4cccn4)cc3)c2n1. The topological polar surface area (TPSA) is 68.3 Å². The van der Waals surface area contributed by atoms with Crippen LogP contribution in [0.2, 0.25) is 0 Å². The molecule has 0 aliphatic carbocycles. The molecular formula is C21H22N6O. The Bertz CT molecular complexity index is 1140. The molecule has 7 nitrogen and oxygen atoms in total. The van der Waals surface area contributed by atoms with Crippen LogP contribution in [-0.4, -0.2) is 42.2 Å². The zero-order valence-electron chi connectivity index (χ0n) is 16.4. The second-order valence-corrected chi connectivity index (χ2v) is 7.01. The zero-order valence-corrected chi connectivity index (χ0v) is 16.4. The third-order valence-corrected chi connectivity index (χ3v) is 4.76. The third kappa shape index (κ3) is 3.15. The smallest absolute Gasteiger partial charge is 0.259 e. The summed E-state index contributed by atoms with van der Waals surface area (Å²) < 4.78 is 3.54. The van der Waals surface area contributed by atoms with Gasteiger partial charge < -0.3 is 4.90 Å². The van der Waals surface area contributed by atoms with Crippen LogP contribution in [0, 0.1) is 20.8 Å². The van der Waals surface area contributed by atoms with Gasteiger partial charge in [0.25, 0.3) is 5.91 Å². The summed E-state index contributed by atoms with van der Waals surface area (Å²) in [5.74, 6) is -0.0823. The minimum atomic E-state index is -0.0823. The first-order chi connectivity index (χ1) is 13.4. The average molecular weight is 374 g/mol. The van der Waals surface area contributed by atoms with Gasteiger partial charge in [-0.25, -0.2) is 14.2 Å². The summed E-state index contributed by atoms with van der Waals surface area (Å²) in [4.78, 5) is 19.4. The average Bonchev–Trinajstić information content (AvgIpc) is 3.30. The fourth-order valence-corrected chi connectivity index (χ4v) is 3.39. The monoisotopic (exact) mass is 374 g/mol. The molecule has 0 bridgehead atoms. The summed E-state index contributed by atoms with van der Waals surface area (Å²) in [6.07, 6.45) is 3.64. The lowest BCUT2D eigenvalue weighted by molar-refractivity contribution is 0.0786. The maximum Gasteiger partial charge on any atom is 0.259 e. The molecule has 0 spiro atoms. The van der Waals surface area contributed by atoms with Crippen molar-refractivity contribution in [3.8, 4) is 5.69 Å². The first-order valence-corrected chi connectivity index (χ1v) is 9.12. The van der Waals surface area contributed by atoms with E-state index in [2.05, 4.69) is 15.2 Å². The van der Waals surface area contributed by atoms with Crippen LogP contribution in [0.5, 0.6) is 0 Å². The fraction of sp³-hybridized carbons (Fsp3) is 0.238. The molecule has 1 aromatic carbocycles. The molecule has 142 valence electrons. The van der Waals surface area contributed by atoms with Crippen LogP contribution < -0.4 is 0 Å². The van der Waals surface area contributed by atoms with Gasteiger partial charge in [-0.1, -0.05) is 12.1 Å². The molecule has 0 saturated carbocycles. The third-order valence-electron chi connectivity index (χ3n) is 4.76. The van der Waals surface area contributed by atoms with Crippen LogP contribution in [0.4, 0.5) is 0 Å². The van der Waals surface area contributed by atoms with E-state index in [1.807, 2.05) is 63.4 Å². The number of hydrogen-bond donors (Lipinski definition) is 0. The van der Waals surface area contributed by atoms with Crippen LogP contribution in [0.25, 0.3) is 11.3 Å². The normalized spacial score (nSPS) is 11.1. The molecule has 0 unspecified atom stereocenters. The molecule has 0 saturated heterocycles. The highest BCUT2D eigenvalue weighted by molar-refractivity contribution is 6.00. The minimum Gasteiger partial charge on any atom is -0.337 e. The lowest BCUT2D eigenvalue weighted by Crippen LogP contribution is -2.27. The van der Waals surface area contributed by atoms with E-state index >= 15 is 0 Å². The molecule has 7 heteroatoms. The lowest BCUT2D eigenvalue weighted by atomic mass is 10.1. The number of nitrogens with zero attached hydrogens (tertiary/aromatic N) is 6. The summed E-state index contributed by atoms with van der Waals surface area (Å²) in [5, 5.41) is 8.73. The number of fused-ring (bicyclic) bond motifs is 1. The molecule has 28 heavy (non-hydrogen) atoms. The van der Waals surface area contributed by atoms with Crippen LogP contribution in [0.1, 0.15) is 33.0 Å². The number of aromatic nitrogens is 5. The summed E-state index contributed by atoms with van der Waals surface area (Å²) in [6.45, 7) is 6.24. The summed E-state index contributed by atoms with van der Waals surface area (Å²) in [6, 6.07) is 11.9. The van der Waals surface area contributed by atoms with E-state index in [9.17, 15) is 4.79 Å². The largest absolute Gasteiger partial charge is 0.337 e. The number of carbonyl (C=O) groups is 1. The van der Waals surface area contributed by atoms with Crippen molar-refractivity contribution < 1.29 is 4.79 Å². The highest BCUT2D eigenvalue weighted by Crippen LogP contribution is 2.19. The van der Waals surface area contributed by atoms with Gasteiger partial charge in [-0.3, -0.25) is 4.79 Å². The second kappa shape index (κ2) is 6.92. The Kier molecular flexibility index (Phi) is 4.43. The van der Waals surface area contributed by atoms with Gasteiger partial charge in [0, 0.05) is 37.4 Å². The molecule has 0 fully saturated rings. The maximum absolute atomic E-state index is 13.1. The first-order valence-electron chi connectivity index (χ1n) is 9.12. The molecule has 4 rings (SSSR count). The van der Waals surface area contributed by atoms with Gasteiger partial charge in [0.15, 0.2) is 5.65 Å². The van der Waals surface area contributed by atoms with E-state index in [4.69, 9.17) is 0 Å². The van der Waals surface area contributed by atoms with Gasteiger partial charge in [0.1, 0.15) is 5.56 Å². The van der Waals surface area contributed by atoms with Crippen LogP contribution >= 0.6 is 0 Å². The van der Waals surface area contributed by atoms with E-state index in [1.165, 1.54) is 0 Å². The van der Waals surface area contributed by atoms with Crippen molar-refractivity contribution in [3.63, 3.8) is 0 Å². The summed E-state index contributed by atoms with van der Waals surface area (Å²) in [7, 11) is 1.80. The molecule has 3 heterocycles. The van der Waals surface area contributed by atoms with E-state index in [0.29, 0.717) is 23.4 Å². The fourth-order valence-electron chi connectivity index (χ4n) is 3.39. The van der Waals surface area contributed by atoms with Crippen LogP contribution in [-0.2, 0) is 6.54 Å². The predicted molar refractivity (Wildman–Crippen MR) is 107 cm³/mol. The molecule has 4 aromatic rings. The Morgan fingerprint density at radius 1 is 1.14 bits per heavy atom. The molecule has 0 aliphatic rings. The molecule has 3 aromatic heterocycles. The Morgan fingerprint density at radius 2 is 1.89 bits per heavy atom. The van der Waals surface area contributed by atoms with Crippen molar-refractivity contribution in [2.45, 2.75) is 27.3 Å².